The molecule has 2 fully saturated rings. The fourth-order valence-corrected chi connectivity index (χ4v) is 2.94. The summed E-state index contributed by atoms with van der Waals surface area (Å²) in [5, 5.41) is 4.05. The van der Waals surface area contributed by atoms with Gasteiger partial charge in [0.25, 0.3) is 0 Å². The molecule has 20 heavy (non-hydrogen) atoms. The lowest BCUT2D eigenvalue weighted by Crippen LogP contribution is -2.27. The molecule has 1 atom stereocenters. The van der Waals surface area contributed by atoms with Gasteiger partial charge in [0.2, 0.25) is 5.89 Å². The molecular formula is C15H25N3O2. The molecule has 112 valence electrons. The lowest BCUT2D eigenvalue weighted by atomic mass is 9.96. The van der Waals surface area contributed by atoms with E-state index in [9.17, 15) is 0 Å². The highest BCUT2D eigenvalue weighted by Gasteiger charge is 2.24. The van der Waals surface area contributed by atoms with Gasteiger partial charge in [0.05, 0.1) is 18.8 Å². The van der Waals surface area contributed by atoms with Crippen LogP contribution in [0.2, 0.25) is 0 Å². The normalized spacial score (nSPS) is 23.2. The van der Waals surface area contributed by atoms with E-state index in [1.807, 2.05) is 0 Å². The number of ether oxygens (including phenoxy) is 1. The van der Waals surface area contributed by atoms with Crippen LogP contribution in [0.3, 0.4) is 0 Å². The van der Waals surface area contributed by atoms with Gasteiger partial charge in [-0.25, -0.2) is 0 Å². The Labute approximate surface area is 120 Å². The maximum atomic E-state index is 6.09. The van der Waals surface area contributed by atoms with Gasteiger partial charge in [-0.2, -0.15) is 4.98 Å². The van der Waals surface area contributed by atoms with Crippen LogP contribution in [0.15, 0.2) is 4.52 Å². The first-order valence-corrected chi connectivity index (χ1v) is 8.03. The molecule has 0 aromatic carbocycles. The first kappa shape index (κ1) is 14.0. The summed E-state index contributed by atoms with van der Waals surface area (Å²) in [7, 11) is 0. The highest BCUT2D eigenvalue weighted by Crippen LogP contribution is 2.31. The van der Waals surface area contributed by atoms with Gasteiger partial charge in [-0.05, 0) is 32.1 Å². The molecule has 5 nitrogen and oxygen atoms in total. The Bertz CT molecular complexity index is 409. The summed E-state index contributed by atoms with van der Waals surface area (Å²) in [5.41, 5.74) is 6.09. The standard InChI is InChI=1S/C15H25N3O2/c16-13(10-19-12-8-5-9-12)14-17-15(20-18-14)11-6-3-1-2-4-7-11/h11-13H,1-10,16H2. The van der Waals surface area contributed by atoms with Gasteiger partial charge in [-0.1, -0.05) is 30.8 Å². The van der Waals surface area contributed by atoms with Crippen molar-refractivity contribution in [1.29, 1.82) is 0 Å². The third kappa shape index (κ3) is 3.38. The molecule has 1 heterocycles. The van der Waals surface area contributed by atoms with Gasteiger partial charge < -0.3 is 15.0 Å². The predicted octanol–water partition coefficient (Wildman–Crippen LogP) is 3.08. The second-order valence-electron chi connectivity index (χ2n) is 6.17. The monoisotopic (exact) mass is 279 g/mol. The number of aromatic nitrogens is 2. The van der Waals surface area contributed by atoms with Crippen molar-refractivity contribution in [3.05, 3.63) is 11.7 Å². The minimum absolute atomic E-state index is 0.265. The van der Waals surface area contributed by atoms with Crippen LogP contribution < -0.4 is 5.73 Å². The molecule has 2 saturated carbocycles. The zero-order valence-corrected chi connectivity index (χ0v) is 12.1. The zero-order chi connectivity index (χ0) is 13.8. The number of nitrogens with zero attached hydrogens (tertiary/aromatic N) is 2. The first-order chi connectivity index (χ1) is 9.83. The van der Waals surface area contributed by atoms with Crippen molar-refractivity contribution in [2.45, 2.75) is 75.9 Å². The molecule has 0 radical (unpaired) electrons. The van der Waals surface area contributed by atoms with Gasteiger partial charge in [0.1, 0.15) is 0 Å². The molecule has 0 aliphatic heterocycles. The van der Waals surface area contributed by atoms with E-state index in [2.05, 4.69) is 10.1 Å². The van der Waals surface area contributed by atoms with Gasteiger partial charge in [-0.15, -0.1) is 0 Å². The lowest BCUT2D eigenvalue weighted by molar-refractivity contribution is -0.00549. The van der Waals surface area contributed by atoms with Crippen LogP contribution in [0.25, 0.3) is 0 Å². The Hall–Kier alpha value is -0.940. The van der Waals surface area contributed by atoms with E-state index >= 15 is 0 Å². The SMILES string of the molecule is NC(COC1CCC1)c1noc(C2CCCCCC2)n1. The van der Waals surface area contributed by atoms with Gasteiger partial charge in [0, 0.05) is 5.92 Å². The molecule has 2 N–H and O–H groups in total. The summed E-state index contributed by atoms with van der Waals surface area (Å²) in [5.74, 6) is 1.81. The Morgan fingerprint density at radius 2 is 1.85 bits per heavy atom. The second kappa shape index (κ2) is 6.68. The molecule has 1 aromatic heterocycles. The summed E-state index contributed by atoms with van der Waals surface area (Å²) in [4.78, 5) is 4.51. The van der Waals surface area contributed by atoms with Crippen LogP contribution in [0, 0.1) is 0 Å². The summed E-state index contributed by atoms with van der Waals surface area (Å²) < 4.78 is 11.2. The molecule has 3 rings (SSSR count). The highest BCUT2D eigenvalue weighted by molar-refractivity contribution is 4.98. The molecule has 0 saturated heterocycles. The largest absolute Gasteiger partial charge is 0.376 e. The van der Waals surface area contributed by atoms with Crippen LogP contribution in [0.4, 0.5) is 0 Å². The van der Waals surface area contributed by atoms with E-state index in [0.717, 1.165) is 31.6 Å². The Kier molecular flexibility index (Phi) is 4.68. The van der Waals surface area contributed by atoms with Gasteiger partial charge in [0.15, 0.2) is 5.82 Å². The summed E-state index contributed by atoms with van der Waals surface area (Å²) in [6.07, 6.45) is 11.5. The van der Waals surface area contributed by atoms with Crippen LogP contribution in [-0.4, -0.2) is 22.9 Å². The van der Waals surface area contributed by atoms with Gasteiger partial charge in [-0.3, -0.25) is 0 Å². The average molecular weight is 279 g/mol. The molecular weight excluding hydrogens is 254 g/mol. The van der Waals surface area contributed by atoms with E-state index < -0.39 is 0 Å². The van der Waals surface area contributed by atoms with Crippen molar-refractivity contribution in [1.82, 2.24) is 10.1 Å². The smallest absolute Gasteiger partial charge is 0.229 e. The zero-order valence-electron chi connectivity index (χ0n) is 12.1. The Morgan fingerprint density at radius 1 is 1.10 bits per heavy atom. The average Bonchev–Trinajstić information content (AvgIpc) is 2.73. The number of nitrogens with two attached hydrogens (primary N) is 1. The molecule has 2 aliphatic rings. The second-order valence-corrected chi connectivity index (χ2v) is 6.17. The fraction of sp³-hybridized carbons (Fsp3) is 0.867. The topological polar surface area (TPSA) is 74.2 Å². The third-order valence-electron chi connectivity index (χ3n) is 4.56. The van der Waals surface area contributed by atoms with Crippen molar-refractivity contribution in [3.8, 4) is 0 Å². The van der Waals surface area contributed by atoms with Crippen molar-refractivity contribution in [2.75, 3.05) is 6.61 Å². The minimum atomic E-state index is -0.265. The van der Waals surface area contributed by atoms with E-state index in [1.165, 1.54) is 32.1 Å². The molecule has 1 aromatic rings. The lowest BCUT2D eigenvalue weighted by Gasteiger charge is -2.26. The Balaban J connectivity index is 1.54. The minimum Gasteiger partial charge on any atom is -0.376 e. The van der Waals surface area contributed by atoms with Gasteiger partial charge >= 0.3 is 0 Å². The van der Waals surface area contributed by atoms with Crippen molar-refractivity contribution < 1.29 is 9.26 Å². The van der Waals surface area contributed by atoms with Crippen molar-refractivity contribution >= 4 is 0 Å². The Morgan fingerprint density at radius 3 is 2.50 bits per heavy atom. The van der Waals surface area contributed by atoms with E-state index in [4.69, 9.17) is 15.0 Å². The van der Waals surface area contributed by atoms with Crippen molar-refractivity contribution in [3.63, 3.8) is 0 Å². The number of hydrogen-bond acceptors (Lipinski definition) is 5. The molecule has 0 spiro atoms. The highest BCUT2D eigenvalue weighted by atomic mass is 16.5. The van der Waals surface area contributed by atoms with Crippen molar-refractivity contribution in [2.24, 2.45) is 5.73 Å². The van der Waals surface area contributed by atoms with Crippen LogP contribution in [-0.2, 0) is 4.74 Å². The van der Waals surface area contributed by atoms with Crippen LogP contribution in [0.1, 0.15) is 81.5 Å². The molecule has 1 unspecified atom stereocenters. The quantitative estimate of drug-likeness (QED) is 0.838. The number of hydrogen-bond donors (Lipinski definition) is 1. The number of rotatable bonds is 5. The predicted molar refractivity (Wildman–Crippen MR) is 75.3 cm³/mol. The molecule has 0 amide bonds. The maximum Gasteiger partial charge on any atom is 0.229 e. The maximum absolute atomic E-state index is 6.09. The van der Waals surface area contributed by atoms with Crippen LogP contribution >= 0.6 is 0 Å². The first-order valence-electron chi connectivity index (χ1n) is 8.03. The molecule has 0 bridgehead atoms. The molecule has 5 heteroatoms. The van der Waals surface area contributed by atoms with E-state index in [0.29, 0.717) is 24.5 Å². The third-order valence-corrected chi connectivity index (χ3v) is 4.56. The summed E-state index contributed by atoms with van der Waals surface area (Å²) >= 11 is 0. The van der Waals surface area contributed by atoms with Crippen LogP contribution in [0.5, 0.6) is 0 Å². The fourth-order valence-electron chi connectivity index (χ4n) is 2.94. The van der Waals surface area contributed by atoms with E-state index in [-0.39, 0.29) is 6.04 Å². The summed E-state index contributed by atoms with van der Waals surface area (Å²) in [6.45, 7) is 0.494. The summed E-state index contributed by atoms with van der Waals surface area (Å²) in [6, 6.07) is -0.265. The molecule has 2 aliphatic carbocycles. The van der Waals surface area contributed by atoms with E-state index in [1.54, 1.807) is 0 Å².